The number of rotatable bonds is 30. The lowest BCUT2D eigenvalue weighted by molar-refractivity contribution is -0.0495. The molecule has 0 spiro atoms. The van der Waals surface area contributed by atoms with E-state index < -0.39 is 13.4 Å². The molecule has 3 atom stereocenters. The first-order chi connectivity index (χ1) is 24.3. The number of nitrogen functional groups attached to an aromatic ring is 1. The van der Waals surface area contributed by atoms with Gasteiger partial charge in [0.15, 0.2) is 5.82 Å². The number of phosphoric acid groups is 1. The van der Waals surface area contributed by atoms with Gasteiger partial charge in [-0.25, -0.2) is 14.1 Å². The zero-order valence-corrected chi connectivity index (χ0v) is 32.0. The maximum atomic E-state index is 13.0. The lowest BCUT2D eigenvalue weighted by Gasteiger charge is -2.29. The number of hydrogen-bond donors (Lipinski definition) is 2. The number of phosphoric ester groups is 1. The summed E-state index contributed by atoms with van der Waals surface area (Å²) in [6.07, 6.45) is 24.0. The topological polar surface area (TPSA) is 130 Å². The van der Waals surface area contributed by atoms with Crippen LogP contribution >= 0.6 is 7.82 Å². The van der Waals surface area contributed by atoms with E-state index in [1.807, 2.05) is 49.4 Å². The van der Waals surface area contributed by atoms with Crippen molar-refractivity contribution in [2.45, 2.75) is 154 Å². The Morgan fingerprint density at radius 1 is 0.860 bits per heavy atom. The Hall–Kier alpha value is -2.33. The molecular weight excluding hydrogens is 651 g/mol. The van der Waals surface area contributed by atoms with Crippen molar-refractivity contribution in [3.8, 4) is 0 Å². The Balaban J connectivity index is 1.35. The Morgan fingerprint density at radius 3 is 2.06 bits per heavy atom. The third-order valence-corrected chi connectivity index (χ3v) is 10.6. The normalized spacial score (nSPS) is 14.9. The molecular formula is C39H65N4O6P. The number of anilines is 1. The number of fused-ring (bicyclic) bond motifs is 1. The van der Waals surface area contributed by atoms with Gasteiger partial charge in [-0.2, -0.15) is 5.10 Å². The predicted molar refractivity (Wildman–Crippen MR) is 202 cm³/mol. The quantitative estimate of drug-likeness (QED) is 0.0511. The van der Waals surface area contributed by atoms with Gasteiger partial charge in [0.25, 0.3) is 0 Å². The lowest BCUT2D eigenvalue weighted by Crippen LogP contribution is -2.34. The molecule has 1 unspecified atom stereocenters. The maximum absolute atomic E-state index is 13.0. The summed E-state index contributed by atoms with van der Waals surface area (Å²) in [6.45, 7) is 4.38. The van der Waals surface area contributed by atoms with Crippen molar-refractivity contribution >= 4 is 19.2 Å². The van der Waals surface area contributed by atoms with Gasteiger partial charge in [-0.1, -0.05) is 140 Å². The Labute approximate surface area is 301 Å². The zero-order valence-electron chi connectivity index (χ0n) is 31.1. The van der Waals surface area contributed by atoms with Crippen LogP contribution in [-0.2, 0) is 36.1 Å². The van der Waals surface area contributed by atoms with E-state index in [0.29, 0.717) is 25.3 Å². The van der Waals surface area contributed by atoms with Crippen LogP contribution in [0.4, 0.5) is 5.82 Å². The van der Waals surface area contributed by atoms with E-state index >= 15 is 0 Å². The van der Waals surface area contributed by atoms with Crippen LogP contribution in [0.3, 0.4) is 0 Å². The largest absolute Gasteiger partial charge is 0.472 e. The number of aryl methyl sites for hydroxylation is 1. The van der Waals surface area contributed by atoms with E-state index in [1.165, 1.54) is 96.2 Å². The lowest BCUT2D eigenvalue weighted by atomic mass is 10.00. The minimum atomic E-state index is -4.36. The molecule has 3 N–H and O–H groups in total. The summed E-state index contributed by atoms with van der Waals surface area (Å²) in [5.74, 6) is 0.406. The van der Waals surface area contributed by atoms with Crippen molar-refractivity contribution in [3.63, 3.8) is 0 Å². The fourth-order valence-corrected chi connectivity index (χ4v) is 7.04. The third kappa shape index (κ3) is 16.8. The van der Waals surface area contributed by atoms with E-state index in [-0.39, 0.29) is 19.3 Å². The number of nitrogens with two attached hydrogens (primary N) is 1. The van der Waals surface area contributed by atoms with Crippen molar-refractivity contribution in [1.82, 2.24) is 14.6 Å². The Morgan fingerprint density at radius 2 is 1.46 bits per heavy atom. The van der Waals surface area contributed by atoms with Crippen molar-refractivity contribution in [1.29, 1.82) is 0 Å². The van der Waals surface area contributed by atoms with Gasteiger partial charge in [-0.05, 0) is 43.9 Å². The maximum Gasteiger partial charge on any atom is 0.472 e. The summed E-state index contributed by atoms with van der Waals surface area (Å²) >= 11 is 0. The molecule has 282 valence electrons. The van der Waals surface area contributed by atoms with Crippen molar-refractivity contribution in [3.05, 3.63) is 60.0 Å². The van der Waals surface area contributed by atoms with Crippen LogP contribution in [0.5, 0.6) is 0 Å². The minimum Gasteiger partial charge on any atom is -0.382 e. The van der Waals surface area contributed by atoms with E-state index in [1.54, 1.807) is 11.6 Å². The second kappa shape index (κ2) is 24.0. The minimum absolute atomic E-state index is 0.0275. The smallest absolute Gasteiger partial charge is 0.382 e. The first-order valence-corrected chi connectivity index (χ1v) is 20.6. The second-order valence-corrected chi connectivity index (χ2v) is 15.4. The summed E-state index contributed by atoms with van der Waals surface area (Å²) in [6, 6.07) is 13.8. The molecule has 1 aromatic carbocycles. The van der Waals surface area contributed by atoms with Gasteiger partial charge < -0.3 is 20.1 Å². The Bertz CT molecular complexity index is 1360. The number of aromatic nitrogens is 3. The molecule has 0 saturated heterocycles. The van der Waals surface area contributed by atoms with E-state index in [9.17, 15) is 9.46 Å². The van der Waals surface area contributed by atoms with Crippen LogP contribution < -0.4 is 5.73 Å². The molecule has 0 aliphatic rings. The molecule has 0 aliphatic carbocycles. The number of ether oxygens (including phenoxy) is 2. The summed E-state index contributed by atoms with van der Waals surface area (Å²) in [4.78, 5) is 14.6. The average Bonchev–Trinajstić information content (AvgIpc) is 3.55. The van der Waals surface area contributed by atoms with Gasteiger partial charge in [-0.3, -0.25) is 9.05 Å². The fraction of sp³-hybridized carbons (Fsp3) is 0.692. The van der Waals surface area contributed by atoms with Crippen LogP contribution in [0.25, 0.3) is 5.52 Å². The third-order valence-electron chi connectivity index (χ3n) is 9.63. The van der Waals surface area contributed by atoms with Crippen LogP contribution in [0.1, 0.15) is 141 Å². The Kier molecular flexibility index (Phi) is 20.2. The molecule has 2 heterocycles. The van der Waals surface area contributed by atoms with Gasteiger partial charge in [0.1, 0.15) is 11.8 Å². The SMILES string of the molecule is CCCCCCCCCCCCCCCCCC[C@@H](COP(=O)(O)OC[C@](C)(CCc1ccc2c(N)ncnn12)OC)OCc1ccccc1. The number of hydrogen-bond acceptors (Lipinski definition) is 8. The predicted octanol–water partition coefficient (Wildman–Crippen LogP) is 10.0. The van der Waals surface area contributed by atoms with Crippen LogP contribution in [-0.4, -0.2) is 51.5 Å². The molecule has 11 heteroatoms. The van der Waals surface area contributed by atoms with Gasteiger partial charge in [0.05, 0.1) is 31.5 Å². The summed E-state index contributed by atoms with van der Waals surface area (Å²) in [5, 5.41) is 4.29. The molecule has 10 nitrogen and oxygen atoms in total. The van der Waals surface area contributed by atoms with Crippen molar-refractivity contribution in [2.24, 2.45) is 0 Å². The van der Waals surface area contributed by atoms with Crippen LogP contribution in [0.2, 0.25) is 0 Å². The van der Waals surface area contributed by atoms with E-state index in [2.05, 4.69) is 17.0 Å². The van der Waals surface area contributed by atoms with Gasteiger partial charge in [0, 0.05) is 12.8 Å². The first-order valence-electron chi connectivity index (χ1n) is 19.1. The molecule has 0 aliphatic heterocycles. The second-order valence-electron chi connectivity index (χ2n) is 14.0. The zero-order chi connectivity index (χ0) is 35.9. The van der Waals surface area contributed by atoms with Gasteiger partial charge >= 0.3 is 7.82 Å². The highest BCUT2D eigenvalue weighted by Gasteiger charge is 2.31. The fourth-order valence-electron chi connectivity index (χ4n) is 6.18. The molecule has 2 aromatic heterocycles. The molecule has 0 fully saturated rings. The summed E-state index contributed by atoms with van der Waals surface area (Å²) < 4.78 is 37.6. The van der Waals surface area contributed by atoms with E-state index in [0.717, 1.165) is 36.0 Å². The molecule has 0 amide bonds. The molecule has 3 rings (SSSR count). The monoisotopic (exact) mass is 716 g/mol. The number of nitrogens with zero attached hydrogens (tertiary/aromatic N) is 3. The molecule has 50 heavy (non-hydrogen) atoms. The van der Waals surface area contributed by atoms with E-state index in [4.69, 9.17) is 24.3 Å². The molecule has 3 aromatic rings. The molecule has 0 bridgehead atoms. The highest BCUT2D eigenvalue weighted by molar-refractivity contribution is 7.47. The number of methoxy groups -OCH3 is 1. The van der Waals surface area contributed by atoms with Crippen molar-refractivity contribution in [2.75, 3.05) is 26.1 Å². The standard InChI is InChI=1S/C39H65N4O6P/c1-4-5-6-7-8-9-10-11-12-13-14-15-16-17-18-22-25-36(47-30-34-23-20-19-21-24-34)31-48-50(44,45)49-32-39(2,46-3)29-28-35-26-27-37-38(40)41-33-42-43(35)37/h19-21,23-24,26-27,33,36H,4-18,22,25,28-32H2,1-3H3,(H,44,45)(H2,40,41,42)/t36-,39-/m0/s1. The van der Waals surface area contributed by atoms with Crippen molar-refractivity contribution < 1.29 is 28.0 Å². The highest BCUT2D eigenvalue weighted by Crippen LogP contribution is 2.45. The van der Waals surface area contributed by atoms with Gasteiger partial charge in [-0.15, -0.1) is 0 Å². The molecule has 0 radical (unpaired) electrons. The van der Waals surface area contributed by atoms with Crippen LogP contribution in [0, 0.1) is 0 Å². The molecule has 0 saturated carbocycles. The number of unbranched alkanes of at least 4 members (excludes halogenated alkanes) is 15. The highest BCUT2D eigenvalue weighted by atomic mass is 31.2. The first kappa shape index (κ1) is 42.1. The van der Waals surface area contributed by atoms with Crippen LogP contribution in [0.15, 0.2) is 48.8 Å². The number of benzene rings is 1. The summed E-state index contributed by atoms with van der Waals surface area (Å²) in [5.41, 5.74) is 7.83. The van der Waals surface area contributed by atoms with Gasteiger partial charge in [0.2, 0.25) is 0 Å². The summed E-state index contributed by atoms with van der Waals surface area (Å²) in [7, 11) is -2.80. The average molecular weight is 717 g/mol.